The number of aromatic nitrogens is 1. The monoisotopic (exact) mass is 772 g/mol. The third-order valence-electron chi connectivity index (χ3n) is 12.0. The Labute approximate surface area is 342 Å². The fraction of sp³-hybridized carbons (Fsp3) is 0. The lowest BCUT2D eigenvalue weighted by molar-refractivity contribution is 0.662. The van der Waals surface area contributed by atoms with Gasteiger partial charge in [-0.05, 0) is 71.8 Å². The van der Waals surface area contributed by atoms with Gasteiger partial charge in [-0.2, -0.15) is 0 Å². The Hall–Kier alpha value is -7.60. The molecule has 4 aromatic heterocycles. The zero-order valence-electron chi connectivity index (χ0n) is 31.6. The van der Waals surface area contributed by atoms with E-state index in [1.807, 2.05) is 17.4 Å². The normalized spacial score (nSPS) is 12.1. The van der Waals surface area contributed by atoms with E-state index in [4.69, 9.17) is 8.83 Å². The number of para-hydroxylation sites is 3. The minimum Gasteiger partial charge on any atom is -0.456 e. The standard InChI is InChI=1S/C54H32N2O2S/c1-2-14-33(15-3-1)34-28-30-35(31-29-34)55(45-24-12-20-39-38-18-7-11-27-49(38)59-54(39)45)44-23-13-26-47-50(44)41-32-48-51(40-19-6-10-25-46(40)57-48)52(53(41)58-47)56-42-21-8-4-16-36(42)37-17-5-9-22-43(37)56/h1-32H. The van der Waals surface area contributed by atoms with Crippen LogP contribution in [0.3, 0.4) is 0 Å². The molecule has 0 aliphatic rings. The second kappa shape index (κ2) is 12.4. The third-order valence-corrected chi connectivity index (χ3v) is 13.2. The fourth-order valence-electron chi connectivity index (χ4n) is 9.44. The van der Waals surface area contributed by atoms with E-state index in [0.29, 0.717) is 0 Å². The molecule has 0 amide bonds. The van der Waals surface area contributed by atoms with E-state index in [-0.39, 0.29) is 0 Å². The predicted molar refractivity (Wildman–Crippen MR) is 248 cm³/mol. The lowest BCUT2D eigenvalue weighted by Crippen LogP contribution is -2.10. The van der Waals surface area contributed by atoms with Gasteiger partial charge in [0.2, 0.25) is 0 Å². The van der Waals surface area contributed by atoms with E-state index >= 15 is 0 Å². The second-order valence-corrected chi connectivity index (χ2v) is 16.2. The molecule has 0 radical (unpaired) electrons. The molecular weight excluding hydrogens is 741 g/mol. The first kappa shape index (κ1) is 32.5. The van der Waals surface area contributed by atoms with Crippen molar-refractivity contribution < 1.29 is 8.83 Å². The van der Waals surface area contributed by atoms with Crippen LogP contribution in [-0.4, -0.2) is 4.57 Å². The van der Waals surface area contributed by atoms with Crippen LogP contribution in [0, 0.1) is 0 Å². The van der Waals surface area contributed by atoms with Crippen molar-refractivity contribution >= 4 is 114 Å². The molecule has 0 N–H and O–H groups in total. The lowest BCUT2D eigenvalue weighted by atomic mass is 10.0. The number of furan rings is 2. The van der Waals surface area contributed by atoms with Crippen LogP contribution in [0.1, 0.15) is 0 Å². The molecule has 0 spiro atoms. The van der Waals surface area contributed by atoms with Gasteiger partial charge < -0.3 is 18.3 Å². The van der Waals surface area contributed by atoms with Gasteiger partial charge in [0.05, 0.1) is 37.9 Å². The summed E-state index contributed by atoms with van der Waals surface area (Å²) in [6.45, 7) is 0. The van der Waals surface area contributed by atoms with E-state index < -0.39 is 0 Å². The molecule has 4 nitrogen and oxygen atoms in total. The van der Waals surface area contributed by atoms with Crippen LogP contribution in [-0.2, 0) is 0 Å². The highest BCUT2D eigenvalue weighted by atomic mass is 32.1. The molecule has 0 atom stereocenters. The van der Waals surface area contributed by atoms with Crippen LogP contribution >= 0.6 is 11.3 Å². The van der Waals surface area contributed by atoms with Gasteiger partial charge in [-0.3, -0.25) is 0 Å². The summed E-state index contributed by atoms with van der Waals surface area (Å²) < 4.78 is 18.9. The SMILES string of the molecule is c1ccc(-c2ccc(N(c3cccc4c3sc3ccccc34)c3cccc4oc5c(-n6c7ccccc7c7ccccc76)c6c(cc5c34)oc3ccccc36)cc2)cc1. The minimum absolute atomic E-state index is 0.811. The molecule has 59 heavy (non-hydrogen) atoms. The zero-order chi connectivity index (χ0) is 38.6. The van der Waals surface area contributed by atoms with Gasteiger partial charge in [0.25, 0.3) is 0 Å². The van der Waals surface area contributed by atoms with Crippen molar-refractivity contribution in [1.82, 2.24) is 4.57 Å². The first-order valence-electron chi connectivity index (χ1n) is 19.9. The van der Waals surface area contributed by atoms with Gasteiger partial charge in [-0.1, -0.05) is 133 Å². The molecule has 13 aromatic rings. The Kier molecular flexibility index (Phi) is 6.85. The first-order chi connectivity index (χ1) is 29.3. The van der Waals surface area contributed by atoms with Crippen molar-refractivity contribution in [2.75, 3.05) is 4.90 Å². The smallest absolute Gasteiger partial charge is 0.160 e. The fourth-order valence-corrected chi connectivity index (χ4v) is 10.6. The summed E-state index contributed by atoms with van der Waals surface area (Å²) >= 11 is 1.84. The second-order valence-electron chi connectivity index (χ2n) is 15.2. The van der Waals surface area contributed by atoms with E-state index in [0.717, 1.165) is 77.7 Å². The summed E-state index contributed by atoms with van der Waals surface area (Å²) in [5.74, 6) is 0. The van der Waals surface area contributed by atoms with Crippen LogP contribution < -0.4 is 4.90 Å². The van der Waals surface area contributed by atoms with Crippen molar-refractivity contribution in [3.8, 4) is 16.8 Å². The number of rotatable bonds is 5. The number of hydrogen-bond acceptors (Lipinski definition) is 4. The van der Waals surface area contributed by atoms with E-state index in [1.54, 1.807) is 0 Å². The largest absolute Gasteiger partial charge is 0.456 e. The summed E-state index contributed by atoms with van der Waals surface area (Å²) in [4.78, 5) is 2.42. The van der Waals surface area contributed by atoms with Crippen LogP contribution in [0.25, 0.3) is 103 Å². The number of nitrogens with zero attached hydrogens (tertiary/aromatic N) is 2. The summed E-state index contributed by atoms with van der Waals surface area (Å²) in [7, 11) is 0. The van der Waals surface area contributed by atoms with Gasteiger partial charge in [-0.25, -0.2) is 0 Å². The van der Waals surface area contributed by atoms with Crippen LogP contribution in [0.4, 0.5) is 17.1 Å². The molecule has 0 aliphatic carbocycles. The van der Waals surface area contributed by atoms with E-state index in [2.05, 4.69) is 198 Å². The molecule has 4 heterocycles. The molecule has 9 aromatic carbocycles. The third kappa shape index (κ3) is 4.71. The summed E-state index contributed by atoms with van der Waals surface area (Å²) in [5.41, 5.74) is 12.1. The Balaban J connectivity index is 1.16. The van der Waals surface area contributed by atoms with Gasteiger partial charge >= 0.3 is 0 Å². The average molecular weight is 773 g/mol. The Morgan fingerprint density at radius 3 is 1.81 bits per heavy atom. The number of hydrogen-bond donors (Lipinski definition) is 0. The summed E-state index contributed by atoms with van der Waals surface area (Å²) in [6, 6.07) is 69.3. The Morgan fingerprint density at radius 1 is 0.407 bits per heavy atom. The molecule has 0 saturated heterocycles. The highest BCUT2D eigenvalue weighted by molar-refractivity contribution is 7.26. The zero-order valence-corrected chi connectivity index (χ0v) is 32.4. The van der Waals surface area contributed by atoms with Gasteiger partial charge in [0.1, 0.15) is 22.4 Å². The molecular formula is C54H32N2O2S. The van der Waals surface area contributed by atoms with Crippen molar-refractivity contribution in [3.63, 3.8) is 0 Å². The number of thiophene rings is 1. The Bertz CT molecular complexity index is 3740. The molecule has 13 rings (SSSR count). The van der Waals surface area contributed by atoms with Gasteiger partial charge in [0.15, 0.2) is 5.58 Å². The number of benzene rings is 9. The maximum absolute atomic E-state index is 7.22. The van der Waals surface area contributed by atoms with Crippen LogP contribution in [0.5, 0.6) is 0 Å². The molecule has 0 aliphatic heterocycles. The molecule has 276 valence electrons. The Morgan fingerprint density at radius 2 is 1.02 bits per heavy atom. The number of anilines is 3. The predicted octanol–water partition coefficient (Wildman–Crippen LogP) is 16.1. The van der Waals surface area contributed by atoms with Crippen LogP contribution in [0.2, 0.25) is 0 Å². The lowest BCUT2D eigenvalue weighted by Gasteiger charge is -2.27. The maximum Gasteiger partial charge on any atom is 0.160 e. The van der Waals surface area contributed by atoms with Gasteiger partial charge in [0, 0.05) is 42.7 Å². The average Bonchev–Trinajstić information content (AvgIpc) is 4.06. The number of fused-ring (bicyclic) bond motifs is 12. The minimum atomic E-state index is 0.811. The van der Waals surface area contributed by atoms with Gasteiger partial charge in [-0.15, -0.1) is 11.3 Å². The first-order valence-corrected chi connectivity index (χ1v) is 20.7. The molecule has 0 bridgehead atoms. The summed E-state index contributed by atoms with van der Waals surface area (Å²) in [6.07, 6.45) is 0. The van der Waals surface area contributed by atoms with Crippen molar-refractivity contribution in [1.29, 1.82) is 0 Å². The molecule has 0 fully saturated rings. The highest BCUT2D eigenvalue weighted by Gasteiger charge is 2.27. The molecule has 0 saturated carbocycles. The van der Waals surface area contributed by atoms with Crippen molar-refractivity contribution in [2.45, 2.75) is 0 Å². The quantitative estimate of drug-likeness (QED) is 0.175. The summed E-state index contributed by atoms with van der Waals surface area (Å²) in [5, 5.41) is 9.01. The topological polar surface area (TPSA) is 34.5 Å². The maximum atomic E-state index is 7.22. The highest BCUT2D eigenvalue weighted by Crippen LogP contribution is 2.51. The molecule has 5 heteroatoms. The molecule has 0 unspecified atom stereocenters. The van der Waals surface area contributed by atoms with E-state index in [1.165, 1.54) is 42.1 Å². The van der Waals surface area contributed by atoms with Crippen LogP contribution in [0.15, 0.2) is 203 Å². The van der Waals surface area contributed by atoms with Crippen molar-refractivity contribution in [3.05, 3.63) is 194 Å². The van der Waals surface area contributed by atoms with Crippen molar-refractivity contribution in [2.24, 2.45) is 0 Å². The van der Waals surface area contributed by atoms with E-state index in [9.17, 15) is 0 Å².